The number of aromatic nitrogens is 2. The van der Waals surface area contributed by atoms with Crippen LogP contribution >= 0.6 is 12.4 Å². The van der Waals surface area contributed by atoms with E-state index in [0.717, 1.165) is 89.1 Å². The molecule has 1 unspecified atom stereocenters. The summed E-state index contributed by atoms with van der Waals surface area (Å²) in [5.74, 6) is 0.971. The minimum atomic E-state index is -0.283. The van der Waals surface area contributed by atoms with Crippen molar-refractivity contribution in [2.75, 3.05) is 57.4 Å². The molecule has 1 aromatic rings. The molecule has 2 N–H and O–H groups in total. The molecular formula is C22H34ClN5O3. The van der Waals surface area contributed by atoms with Crippen molar-refractivity contribution >= 4 is 24.3 Å². The number of likely N-dealkylation sites (tertiary alicyclic amines) is 1. The molecule has 4 heterocycles. The molecule has 1 aromatic heterocycles. The lowest BCUT2D eigenvalue weighted by molar-refractivity contribution is -0.144. The van der Waals surface area contributed by atoms with Crippen LogP contribution in [0, 0.1) is 5.41 Å². The van der Waals surface area contributed by atoms with E-state index >= 15 is 0 Å². The van der Waals surface area contributed by atoms with Crippen LogP contribution in [0.1, 0.15) is 50.3 Å². The SMILES string of the molecule is CC1(C(=O)N2CCC3(CCc4c3nc(N3CCOCC3)[nH]c4=O)CC2)CCCNC1.Cl. The fourth-order valence-electron chi connectivity index (χ4n) is 5.81. The number of hydrogen-bond donors (Lipinski definition) is 2. The Morgan fingerprint density at radius 3 is 2.52 bits per heavy atom. The van der Waals surface area contributed by atoms with Gasteiger partial charge in [0.05, 0.1) is 24.3 Å². The highest BCUT2D eigenvalue weighted by Gasteiger charge is 2.47. The van der Waals surface area contributed by atoms with Crippen LogP contribution in [0.4, 0.5) is 5.95 Å². The molecule has 9 heteroatoms. The van der Waals surface area contributed by atoms with Crippen molar-refractivity contribution < 1.29 is 9.53 Å². The van der Waals surface area contributed by atoms with Crippen molar-refractivity contribution in [3.05, 3.63) is 21.6 Å². The van der Waals surface area contributed by atoms with E-state index in [-0.39, 0.29) is 34.7 Å². The Hall–Kier alpha value is -1.64. The molecule has 1 atom stereocenters. The fraction of sp³-hybridized carbons (Fsp3) is 0.773. The maximum atomic E-state index is 13.2. The summed E-state index contributed by atoms with van der Waals surface area (Å²) in [4.78, 5) is 38.2. The monoisotopic (exact) mass is 451 g/mol. The molecule has 4 aliphatic rings. The molecule has 1 spiro atoms. The van der Waals surface area contributed by atoms with Gasteiger partial charge in [0.25, 0.3) is 5.56 Å². The first kappa shape index (κ1) is 22.6. The molecule has 5 rings (SSSR count). The Balaban J connectivity index is 0.00000231. The maximum absolute atomic E-state index is 13.2. The topological polar surface area (TPSA) is 90.6 Å². The van der Waals surface area contributed by atoms with E-state index in [1.54, 1.807) is 0 Å². The summed E-state index contributed by atoms with van der Waals surface area (Å²) in [5.41, 5.74) is 1.51. The number of nitrogens with zero attached hydrogens (tertiary/aromatic N) is 3. The Labute approximate surface area is 189 Å². The zero-order valence-electron chi connectivity index (χ0n) is 18.4. The normalized spacial score (nSPS) is 27.6. The van der Waals surface area contributed by atoms with E-state index in [9.17, 15) is 9.59 Å². The van der Waals surface area contributed by atoms with E-state index < -0.39 is 0 Å². The summed E-state index contributed by atoms with van der Waals surface area (Å²) in [7, 11) is 0. The van der Waals surface area contributed by atoms with Gasteiger partial charge in [-0.3, -0.25) is 14.6 Å². The number of piperidine rings is 2. The highest BCUT2D eigenvalue weighted by atomic mass is 35.5. The fourth-order valence-corrected chi connectivity index (χ4v) is 5.81. The molecule has 0 radical (unpaired) electrons. The van der Waals surface area contributed by atoms with Gasteiger partial charge < -0.3 is 19.9 Å². The molecule has 8 nitrogen and oxygen atoms in total. The molecule has 0 aromatic carbocycles. The number of fused-ring (bicyclic) bond motifs is 2. The Kier molecular flexibility index (Phi) is 6.34. The highest BCUT2D eigenvalue weighted by Crippen LogP contribution is 2.45. The average Bonchev–Trinajstić information content (AvgIpc) is 3.13. The second-order valence-electron chi connectivity index (χ2n) is 9.73. The number of amides is 1. The second kappa shape index (κ2) is 8.71. The summed E-state index contributed by atoms with van der Waals surface area (Å²) in [6, 6.07) is 0. The van der Waals surface area contributed by atoms with Crippen LogP contribution in [-0.4, -0.2) is 73.3 Å². The number of carbonyl (C=O) groups excluding carboxylic acids is 1. The molecule has 0 saturated carbocycles. The molecule has 3 aliphatic heterocycles. The van der Waals surface area contributed by atoms with Crippen LogP contribution < -0.4 is 15.8 Å². The number of nitrogens with one attached hydrogen (secondary N) is 2. The van der Waals surface area contributed by atoms with E-state index in [4.69, 9.17) is 9.72 Å². The maximum Gasteiger partial charge on any atom is 0.255 e. The van der Waals surface area contributed by atoms with Crippen LogP contribution in [-0.2, 0) is 21.4 Å². The minimum absolute atomic E-state index is 0. The Morgan fingerprint density at radius 1 is 1.10 bits per heavy atom. The number of carbonyl (C=O) groups is 1. The smallest absolute Gasteiger partial charge is 0.255 e. The number of halogens is 1. The number of rotatable bonds is 2. The summed E-state index contributed by atoms with van der Waals surface area (Å²) in [6.45, 7) is 8.24. The van der Waals surface area contributed by atoms with Crippen LogP contribution in [0.15, 0.2) is 4.79 Å². The van der Waals surface area contributed by atoms with Gasteiger partial charge in [0.15, 0.2) is 0 Å². The number of H-pyrrole nitrogens is 1. The number of anilines is 1. The first-order chi connectivity index (χ1) is 14.5. The third-order valence-electron chi connectivity index (χ3n) is 7.79. The lowest BCUT2D eigenvalue weighted by Gasteiger charge is -2.43. The zero-order valence-corrected chi connectivity index (χ0v) is 19.2. The highest BCUT2D eigenvalue weighted by molar-refractivity contribution is 5.85. The van der Waals surface area contributed by atoms with Gasteiger partial charge >= 0.3 is 0 Å². The van der Waals surface area contributed by atoms with Crippen LogP contribution in [0.5, 0.6) is 0 Å². The second-order valence-corrected chi connectivity index (χ2v) is 9.73. The molecular weight excluding hydrogens is 418 g/mol. The molecule has 1 amide bonds. The van der Waals surface area contributed by atoms with Gasteiger partial charge in [-0.25, -0.2) is 4.98 Å². The van der Waals surface area contributed by atoms with E-state index in [2.05, 4.69) is 27.0 Å². The molecule has 172 valence electrons. The quantitative estimate of drug-likeness (QED) is 0.702. The van der Waals surface area contributed by atoms with Gasteiger partial charge in [-0.15, -0.1) is 12.4 Å². The van der Waals surface area contributed by atoms with Crippen molar-refractivity contribution in [2.45, 2.75) is 50.9 Å². The summed E-state index contributed by atoms with van der Waals surface area (Å²) in [5, 5.41) is 3.39. The largest absolute Gasteiger partial charge is 0.378 e. The van der Waals surface area contributed by atoms with Gasteiger partial charge in [0, 0.05) is 43.7 Å². The van der Waals surface area contributed by atoms with Crippen molar-refractivity contribution in [1.29, 1.82) is 0 Å². The van der Waals surface area contributed by atoms with Gasteiger partial charge in [0.2, 0.25) is 11.9 Å². The van der Waals surface area contributed by atoms with E-state index in [1.165, 1.54) is 0 Å². The Bertz CT molecular complexity index is 868. The zero-order chi connectivity index (χ0) is 20.8. The average molecular weight is 452 g/mol. The third-order valence-corrected chi connectivity index (χ3v) is 7.79. The molecule has 1 aliphatic carbocycles. The van der Waals surface area contributed by atoms with Crippen LogP contribution in [0.2, 0.25) is 0 Å². The number of aromatic amines is 1. The van der Waals surface area contributed by atoms with E-state index in [1.807, 2.05) is 0 Å². The molecule has 0 bridgehead atoms. The summed E-state index contributed by atoms with van der Waals surface area (Å²) >= 11 is 0. The molecule has 31 heavy (non-hydrogen) atoms. The van der Waals surface area contributed by atoms with Gasteiger partial charge in [-0.1, -0.05) is 0 Å². The lowest BCUT2D eigenvalue weighted by atomic mass is 9.74. The van der Waals surface area contributed by atoms with Crippen molar-refractivity contribution in [3.8, 4) is 0 Å². The number of ether oxygens (including phenoxy) is 1. The van der Waals surface area contributed by atoms with Crippen LogP contribution in [0.25, 0.3) is 0 Å². The molecule has 3 fully saturated rings. The lowest BCUT2D eigenvalue weighted by Crippen LogP contribution is -2.53. The predicted octanol–water partition coefficient (Wildman–Crippen LogP) is 1.22. The van der Waals surface area contributed by atoms with Crippen molar-refractivity contribution in [1.82, 2.24) is 20.2 Å². The summed E-state index contributed by atoms with van der Waals surface area (Å²) < 4.78 is 5.44. The summed E-state index contributed by atoms with van der Waals surface area (Å²) in [6.07, 6.45) is 5.57. The number of morpholine rings is 1. The predicted molar refractivity (Wildman–Crippen MR) is 121 cm³/mol. The first-order valence-corrected chi connectivity index (χ1v) is 11.5. The van der Waals surface area contributed by atoms with Gasteiger partial charge in [0.1, 0.15) is 0 Å². The standard InChI is InChI=1S/C22H33N5O3.ClH/c1-21(4-2-8-23-15-21)19(29)26-9-6-22(7-10-26)5-3-16-17(22)24-20(25-18(16)28)27-11-13-30-14-12-27;/h23H,2-15H2,1H3,(H,24,25,28);1H. The van der Waals surface area contributed by atoms with Gasteiger partial charge in [-0.05, 0) is 52.0 Å². The van der Waals surface area contributed by atoms with E-state index in [0.29, 0.717) is 19.2 Å². The molecule has 3 saturated heterocycles. The first-order valence-electron chi connectivity index (χ1n) is 11.5. The minimum Gasteiger partial charge on any atom is -0.378 e. The third kappa shape index (κ3) is 3.98. The van der Waals surface area contributed by atoms with Crippen LogP contribution in [0.3, 0.4) is 0 Å². The number of hydrogen-bond acceptors (Lipinski definition) is 6. The van der Waals surface area contributed by atoms with Crippen molar-refractivity contribution in [3.63, 3.8) is 0 Å². The van der Waals surface area contributed by atoms with Gasteiger partial charge in [-0.2, -0.15) is 0 Å². The van der Waals surface area contributed by atoms with Crippen molar-refractivity contribution in [2.24, 2.45) is 5.41 Å². The Morgan fingerprint density at radius 2 is 1.84 bits per heavy atom.